The molecule has 0 radical (unpaired) electrons. The summed E-state index contributed by atoms with van der Waals surface area (Å²) >= 11 is 0. The SMILES string of the molecule is CC1(NC(=O)N(CC(=O)O)C2CC2)CCC1. The summed E-state index contributed by atoms with van der Waals surface area (Å²) in [6.45, 7) is 1.83. The van der Waals surface area contributed by atoms with Crippen LogP contribution < -0.4 is 5.32 Å². The summed E-state index contributed by atoms with van der Waals surface area (Å²) in [6.07, 6.45) is 4.97. The predicted octanol–water partition coefficient (Wildman–Crippen LogP) is 1.19. The van der Waals surface area contributed by atoms with E-state index >= 15 is 0 Å². The first kappa shape index (κ1) is 11.2. The second-order valence-electron chi connectivity index (χ2n) is 5.10. The molecule has 5 nitrogen and oxygen atoms in total. The lowest BCUT2D eigenvalue weighted by molar-refractivity contribution is -0.137. The van der Waals surface area contributed by atoms with E-state index in [2.05, 4.69) is 5.32 Å². The fraction of sp³-hybridized carbons (Fsp3) is 0.818. The van der Waals surface area contributed by atoms with Gasteiger partial charge in [0.15, 0.2) is 0 Å². The van der Waals surface area contributed by atoms with Crippen LogP contribution in [0.15, 0.2) is 0 Å². The number of carbonyl (C=O) groups excluding carboxylic acids is 1. The van der Waals surface area contributed by atoms with Crippen LogP contribution in [0.5, 0.6) is 0 Å². The lowest BCUT2D eigenvalue weighted by atomic mass is 9.79. The van der Waals surface area contributed by atoms with Crippen LogP contribution in [-0.2, 0) is 4.79 Å². The van der Waals surface area contributed by atoms with Crippen molar-refractivity contribution < 1.29 is 14.7 Å². The average molecular weight is 226 g/mol. The fourth-order valence-electron chi connectivity index (χ4n) is 2.06. The highest BCUT2D eigenvalue weighted by Gasteiger charge is 2.39. The molecule has 2 saturated carbocycles. The Bertz CT molecular complexity index is 308. The molecule has 0 bridgehead atoms. The minimum Gasteiger partial charge on any atom is -0.480 e. The summed E-state index contributed by atoms with van der Waals surface area (Å²) < 4.78 is 0. The van der Waals surface area contributed by atoms with Crippen molar-refractivity contribution in [1.82, 2.24) is 10.2 Å². The van der Waals surface area contributed by atoms with Gasteiger partial charge in [-0.3, -0.25) is 4.79 Å². The number of urea groups is 1. The van der Waals surface area contributed by atoms with Crippen molar-refractivity contribution in [3.8, 4) is 0 Å². The number of carbonyl (C=O) groups is 2. The van der Waals surface area contributed by atoms with Gasteiger partial charge in [0.05, 0.1) is 0 Å². The Balaban J connectivity index is 1.91. The van der Waals surface area contributed by atoms with Crippen molar-refractivity contribution >= 4 is 12.0 Å². The maximum Gasteiger partial charge on any atom is 0.323 e. The van der Waals surface area contributed by atoms with Crippen molar-refractivity contribution in [3.05, 3.63) is 0 Å². The van der Waals surface area contributed by atoms with Gasteiger partial charge in [0.2, 0.25) is 0 Å². The smallest absolute Gasteiger partial charge is 0.323 e. The van der Waals surface area contributed by atoms with Crippen molar-refractivity contribution in [1.29, 1.82) is 0 Å². The summed E-state index contributed by atoms with van der Waals surface area (Å²) in [7, 11) is 0. The van der Waals surface area contributed by atoms with Gasteiger partial charge in [0.1, 0.15) is 6.54 Å². The quantitative estimate of drug-likeness (QED) is 0.756. The zero-order valence-electron chi connectivity index (χ0n) is 9.53. The van der Waals surface area contributed by atoms with Crippen LogP contribution in [0.4, 0.5) is 4.79 Å². The molecule has 0 aliphatic heterocycles. The summed E-state index contributed by atoms with van der Waals surface area (Å²) in [4.78, 5) is 24.0. The van der Waals surface area contributed by atoms with E-state index < -0.39 is 5.97 Å². The molecule has 16 heavy (non-hydrogen) atoms. The lowest BCUT2D eigenvalue weighted by Crippen LogP contribution is -2.56. The largest absolute Gasteiger partial charge is 0.480 e. The van der Waals surface area contributed by atoms with Crippen molar-refractivity contribution in [3.63, 3.8) is 0 Å². The minimum atomic E-state index is -0.944. The number of aliphatic carboxylic acids is 1. The van der Waals surface area contributed by atoms with E-state index in [0.29, 0.717) is 0 Å². The summed E-state index contributed by atoms with van der Waals surface area (Å²) in [5.74, 6) is -0.944. The number of amides is 2. The number of hydrogen-bond acceptors (Lipinski definition) is 2. The predicted molar refractivity (Wildman–Crippen MR) is 58.2 cm³/mol. The maximum absolute atomic E-state index is 11.9. The van der Waals surface area contributed by atoms with Crippen LogP contribution in [-0.4, -0.2) is 40.1 Å². The lowest BCUT2D eigenvalue weighted by Gasteiger charge is -2.40. The number of rotatable bonds is 4. The molecule has 0 aromatic heterocycles. The van der Waals surface area contributed by atoms with E-state index in [1.807, 2.05) is 6.92 Å². The highest BCUT2D eigenvalue weighted by Crippen LogP contribution is 2.32. The number of nitrogens with zero attached hydrogens (tertiary/aromatic N) is 1. The van der Waals surface area contributed by atoms with Gasteiger partial charge in [0.25, 0.3) is 0 Å². The van der Waals surface area contributed by atoms with Crippen LogP contribution in [0.3, 0.4) is 0 Å². The molecule has 2 N–H and O–H groups in total. The number of nitrogens with one attached hydrogen (secondary N) is 1. The molecule has 2 amide bonds. The Morgan fingerprint density at radius 1 is 1.44 bits per heavy atom. The second-order valence-corrected chi connectivity index (χ2v) is 5.10. The molecule has 2 aliphatic rings. The van der Waals surface area contributed by atoms with E-state index in [9.17, 15) is 9.59 Å². The summed E-state index contributed by atoms with van der Waals surface area (Å²) in [5, 5.41) is 11.7. The third-order valence-electron chi connectivity index (χ3n) is 3.42. The summed E-state index contributed by atoms with van der Waals surface area (Å²) in [5.41, 5.74) is -0.108. The van der Waals surface area contributed by atoms with Crippen LogP contribution >= 0.6 is 0 Å². The number of carboxylic acid groups (broad SMARTS) is 1. The zero-order valence-corrected chi connectivity index (χ0v) is 9.53. The molecule has 0 aromatic rings. The standard InChI is InChI=1S/C11H18N2O3/c1-11(5-2-6-11)12-10(16)13(7-9(14)15)8-3-4-8/h8H,2-7H2,1H3,(H,12,16)(H,14,15). The molecule has 0 aromatic carbocycles. The molecule has 0 atom stereocenters. The fourth-order valence-corrected chi connectivity index (χ4v) is 2.06. The highest BCUT2D eigenvalue weighted by molar-refractivity contribution is 5.81. The van der Waals surface area contributed by atoms with Gasteiger partial charge in [-0.1, -0.05) is 0 Å². The maximum atomic E-state index is 11.9. The van der Waals surface area contributed by atoms with Crippen molar-refractivity contribution in [2.45, 2.75) is 50.6 Å². The molecule has 5 heteroatoms. The average Bonchev–Trinajstić information content (AvgIpc) is 2.94. The summed E-state index contributed by atoms with van der Waals surface area (Å²) in [6, 6.07) is -0.0770. The Labute approximate surface area is 94.8 Å². The monoisotopic (exact) mass is 226 g/mol. The molecule has 0 heterocycles. The molecule has 90 valence electrons. The van der Waals surface area contributed by atoms with Crippen molar-refractivity contribution in [2.75, 3.05) is 6.54 Å². The molecule has 2 rings (SSSR count). The minimum absolute atomic E-state index is 0.108. The molecular weight excluding hydrogens is 208 g/mol. The first-order chi connectivity index (χ1) is 7.50. The zero-order chi connectivity index (χ0) is 11.8. The Morgan fingerprint density at radius 3 is 2.44 bits per heavy atom. The van der Waals surface area contributed by atoms with E-state index in [1.54, 1.807) is 0 Å². The van der Waals surface area contributed by atoms with Gasteiger partial charge >= 0.3 is 12.0 Å². The van der Waals surface area contributed by atoms with Gasteiger partial charge in [-0.15, -0.1) is 0 Å². The van der Waals surface area contributed by atoms with E-state index in [4.69, 9.17) is 5.11 Å². The van der Waals surface area contributed by atoms with Gasteiger partial charge in [0, 0.05) is 11.6 Å². The Kier molecular flexibility index (Phi) is 2.78. The Morgan fingerprint density at radius 2 is 2.06 bits per heavy atom. The molecule has 0 spiro atoms. The van der Waals surface area contributed by atoms with Gasteiger partial charge < -0.3 is 15.3 Å². The molecule has 2 aliphatic carbocycles. The normalized spacial score (nSPS) is 22.1. The third-order valence-corrected chi connectivity index (χ3v) is 3.42. The van der Waals surface area contributed by atoms with E-state index in [-0.39, 0.29) is 24.2 Å². The number of hydrogen-bond donors (Lipinski definition) is 2. The van der Waals surface area contributed by atoms with Crippen LogP contribution in [0.2, 0.25) is 0 Å². The van der Waals surface area contributed by atoms with Gasteiger partial charge in [-0.25, -0.2) is 4.79 Å². The first-order valence-corrected chi connectivity index (χ1v) is 5.81. The van der Waals surface area contributed by atoms with Crippen LogP contribution in [0.1, 0.15) is 39.0 Å². The van der Waals surface area contributed by atoms with Gasteiger partial charge in [-0.05, 0) is 39.0 Å². The molecule has 0 unspecified atom stereocenters. The molecule has 0 saturated heterocycles. The topological polar surface area (TPSA) is 69.6 Å². The third kappa shape index (κ3) is 2.46. The first-order valence-electron chi connectivity index (χ1n) is 5.81. The molecular formula is C11H18N2O3. The number of carboxylic acids is 1. The van der Waals surface area contributed by atoms with Crippen molar-refractivity contribution in [2.24, 2.45) is 0 Å². The molecule has 2 fully saturated rings. The highest BCUT2D eigenvalue weighted by atomic mass is 16.4. The van der Waals surface area contributed by atoms with Crippen LogP contribution in [0.25, 0.3) is 0 Å². The van der Waals surface area contributed by atoms with E-state index in [1.165, 1.54) is 4.90 Å². The van der Waals surface area contributed by atoms with Gasteiger partial charge in [-0.2, -0.15) is 0 Å². The second kappa shape index (κ2) is 3.96. The van der Waals surface area contributed by atoms with Crippen LogP contribution in [0, 0.1) is 0 Å². The van der Waals surface area contributed by atoms with E-state index in [0.717, 1.165) is 32.1 Å². The Hall–Kier alpha value is -1.26.